The number of carbonyl (C=O) groups is 1. The van der Waals surface area contributed by atoms with Crippen LogP contribution in [0.1, 0.15) is 15.9 Å². The average molecular weight is 443 g/mol. The third-order valence-corrected chi connectivity index (χ3v) is 5.61. The standard InChI is InChI=1S/C22H20Cl2N4O2/c1-14-3-2-4-15(11-14)19-6-5-17(21(29)26-19)22(30)28-9-7-27(8-10-28)20-18(24)12-16(23)13-25-20/h2-6,11-13H,7-10H2,1H3,(H,26,29). The van der Waals surface area contributed by atoms with Crippen molar-refractivity contribution in [2.24, 2.45) is 0 Å². The molecule has 1 aromatic carbocycles. The topological polar surface area (TPSA) is 69.3 Å². The first-order valence-corrected chi connectivity index (χ1v) is 10.3. The lowest BCUT2D eigenvalue weighted by Crippen LogP contribution is -2.50. The Hall–Kier alpha value is -2.83. The molecule has 1 aliphatic heterocycles. The highest BCUT2D eigenvalue weighted by atomic mass is 35.5. The first kappa shape index (κ1) is 20.4. The molecule has 1 amide bonds. The molecule has 0 spiro atoms. The monoisotopic (exact) mass is 442 g/mol. The zero-order valence-corrected chi connectivity index (χ0v) is 17.9. The van der Waals surface area contributed by atoms with Gasteiger partial charge in [-0.1, -0.05) is 47.0 Å². The predicted molar refractivity (Wildman–Crippen MR) is 120 cm³/mol. The Morgan fingerprint density at radius 3 is 2.50 bits per heavy atom. The van der Waals surface area contributed by atoms with Gasteiger partial charge in [0.2, 0.25) is 0 Å². The summed E-state index contributed by atoms with van der Waals surface area (Å²) >= 11 is 12.1. The molecule has 4 rings (SSSR count). The normalized spacial score (nSPS) is 14.1. The summed E-state index contributed by atoms with van der Waals surface area (Å²) in [5, 5.41) is 0.955. The van der Waals surface area contributed by atoms with Crippen molar-refractivity contribution in [3.05, 3.63) is 80.2 Å². The first-order chi connectivity index (χ1) is 14.4. The van der Waals surface area contributed by atoms with E-state index >= 15 is 0 Å². The fraction of sp³-hybridized carbons (Fsp3) is 0.227. The van der Waals surface area contributed by atoms with Gasteiger partial charge >= 0.3 is 0 Å². The van der Waals surface area contributed by atoms with Crippen molar-refractivity contribution < 1.29 is 4.79 Å². The summed E-state index contributed by atoms with van der Waals surface area (Å²) in [5.74, 6) is 0.371. The molecule has 1 fully saturated rings. The van der Waals surface area contributed by atoms with E-state index in [9.17, 15) is 9.59 Å². The van der Waals surface area contributed by atoms with Gasteiger partial charge in [-0.3, -0.25) is 9.59 Å². The molecule has 6 nitrogen and oxygen atoms in total. The molecule has 30 heavy (non-hydrogen) atoms. The van der Waals surface area contributed by atoms with Crippen molar-refractivity contribution in [3.8, 4) is 11.3 Å². The summed E-state index contributed by atoms with van der Waals surface area (Å²) < 4.78 is 0. The fourth-order valence-electron chi connectivity index (χ4n) is 3.55. The zero-order valence-electron chi connectivity index (χ0n) is 16.4. The van der Waals surface area contributed by atoms with E-state index < -0.39 is 0 Å². The maximum absolute atomic E-state index is 12.9. The summed E-state index contributed by atoms with van der Waals surface area (Å²) in [4.78, 5) is 36.3. The number of carbonyl (C=O) groups excluding carboxylic acids is 1. The molecule has 0 unspecified atom stereocenters. The van der Waals surface area contributed by atoms with Gasteiger partial charge in [0.05, 0.1) is 10.0 Å². The number of nitrogens with zero attached hydrogens (tertiary/aromatic N) is 3. The van der Waals surface area contributed by atoms with Crippen LogP contribution in [0.5, 0.6) is 0 Å². The van der Waals surface area contributed by atoms with Crippen LogP contribution >= 0.6 is 23.2 Å². The van der Waals surface area contributed by atoms with Gasteiger partial charge in [-0.15, -0.1) is 0 Å². The van der Waals surface area contributed by atoms with E-state index in [1.54, 1.807) is 29.3 Å². The number of amides is 1. The number of aryl methyl sites for hydroxylation is 1. The number of pyridine rings is 2. The SMILES string of the molecule is Cc1cccc(-c2ccc(C(=O)N3CCN(c4ncc(Cl)cc4Cl)CC3)c(=O)[nH]2)c1. The molecule has 0 bridgehead atoms. The van der Waals surface area contributed by atoms with Crippen LogP contribution < -0.4 is 10.5 Å². The van der Waals surface area contributed by atoms with Gasteiger partial charge in [-0.25, -0.2) is 4.98 Å². The van der Waals surface area contributed by atoms with Gasteiger partial charge in [0.25, 0.3) is 11.5 Å². The van der Waals surface area contributed by atoms with Gasteiger partial charge in [0.15, 0.2) is 0 Å². The lowest BCUT2D eigenvalue weighted by Gasteiger charge is -2.35. The predicted octanol–water partition coefficient (Wildman–Crippen LogP) is 4.01. The summed E-state index contributed by atoms with van der Waals surface area (Å²) in [5.41, 5.74) is 2.45. The van der Waals surface area contributed by atoms with Crippen LogP contribution in [0.3, 0.4) is 0 Å². The highest BCUT2D eigenvalue weighted by Crippen LogP contribution is 2.27. The van der Waals surface area contributed by atoms with Gasteiger partial charge < -0.3 is 14.8 Å². The minimum Gasteiger partial charge on any atom is -0.352 e. The molecular formula is C22H20Cl2N4O2. The Balaban J connectivity index is 1.47. The van der Waals surface area contributed by atoms with Crippen LogP contribution in [0.4, 0.5) is 5.82 Å². The van der Waals surface area contributed by atoms with Crippen molar-refractivity contribution in [3.63, 3.8) is 0 Å². The largest absolute Gasteiger partial charge is 0.352 e. The number of anilines is 1. The Labute approximate surface area is 184 Å². The van der Waals surface area contributed by atoms with Gasteiger partial charge in [-0.2, -0.15) is 0 Å². The average Bonchev–Trinajstić information content (AvgIpc) is 2.73. The van der Waals surface area contributed by atoms with E-state index in [-0.39, 0.29) is 17.0 Å². The summed E-state index contributed by atoms with van der Waals surface area (Å²) in [6, 6.07) is 12.9. The van der Waals surface area contributed by atoms with E-state index in [0.29, 0.717) is 47.7 Å². The van der Waals surface area contributed by atoms with Crippen LogP contribution in [0.25, 0.3) is 11.3 Å². The minimum atomic E-state index is -0.385. The van der Waals surface area contributed by atoms with E-state index in [1.807, 2.05) is 36.1 Å². The maximum Gasteiger partial charge on any atom is 0.261 e. The maximum atomic E-state index is 12.9. The lowest BCUT2D eigenvalue weighted by molar-refractivity contribution is 0.0744. The van der Waals surface area contributed by atoms with E-state index in [4.69, 9.17) is 23.2 Å². The van der Waals surface area contributed by atoms with Crippen molar-refractivity contribution >= 4 is 34.9 Å². The number of benzene rings is 1. The number of rotatable bonds is 3. The molecule has 3 heterocycles. The van der Waals surface area contributed by atoms with Crippen molar-refractivity contribution in [1.29, 1.82) is 0 Å². The van der Waals surface area contributed by atoms with E-state index in [0.717, 1.165) is 11.1 Å². The van der Waals surface area contributed by atoms with Crippen molar-refractivity contribution in [1.82, 2.24) is 14.9 Å². The van der Waals surface area contributed by atoms with Crippen LogP contribution in [-0.4, -0.2) is 47.0 Å². The zero-order chi connectivity index (χ0) is 21.3. The second-order valence-electron chi connectivity index (χ2n) is 7.22. The molecular weight excluding hydrogens is 423 g/mol. The third kappa shape index (κ3) is 4.20. The molecule has 8 heteroatoms. The van der Waals surface area contributed by atoms with Crippen LogP contribution in [0.15, 0.2) is 53.5 Å². The Bertz CT molecular complexity index is 1150. The molecule has 0 radical (unpaired) electrons. The van der Waals surface area contributed by atoms with Crippen LogP contribution in [-0.2, 0) is 0 Å². The molecule has 1 N–H and O–H groups in total. The van der Waals surface area contributed by atoms with Crippen molar-refractivity contribution in [2.75, 3.05) is 31.1 Å². The molecule has 1 aliphatic rings. The van der Waals surface area contributed by atoms with E-state index in [1.165, 1.54) is 0 Å². The Morgan fingerprint density at radius 1 is 1.07 bits per heavy atom. The van der Waals surface area contributed by atoms with Gasteiger partial charge in [0, 0.05) is 38.1 Å². The molecule has 0 saturated carbocycles. The quantitative estimate of drug-likeness (QED) is 0.664. The first-order valence-electron chi connectivity index (χ1n) is 9.58. The van der Waals surface area contributed by atoms with Crippen LogP contribution in [0, 0.1) is 6.92 Å². The number of piperazine rings is 1. The Morgan fingerprint density at radius 2 is 1.83 bits per heavy atom. The number of aromatic nitrogens is 2. The van der Waals surface area contributed by atoms with Crippen molar-refractivity contribution in [2.45, 2.75) is 6.92 Å². The molecule has 1 saturated heterocycles. The fourth-order valence-corrected chi connectivity index (χ4v) is 4.05. The number of hydrogen-bond acceptors (Lipinski definition) is 4. The number of nitrogens with one attached hydrogen (secondary N) is 1. The highest BCUT2D eigenvalue weighted by molar-refractivity contribution is 6.36. The summed E-state index contributed by atoms with van der Waals surface area (Å²) in [7, 11) is 0. The second kappa shape index (κ2) is 8.50. The van der Waals surface area contributed by atoms with Crippen LogP contribution in [0.2, 0.25) is 10.0 Å². The minimum absolute atomic E-state index is 0.141. The smallest absolute Gasteiger partial charge is 0.261 e. The number of H-pyrrole nitrogens is 1. The second-order valence-corrected chi connectivity index (χ2v) is 8.07. The number of hydrogen-bond donors (Lipinski definition) is 1. The molecule has 0 aliphatic carbocycles. The summed E-state index contributed by atoms with van der Waals surface area (Å²) in [6.07, 6.45) is 1.55. The molecule has 3 aromatic rings. The lowest BCUT2D eigenvalue weighted by atomic mass is 10.1. The molecule has 154 valence electrons. The highest BCUT2D eigenvalue weighted by Gasteiger charge is 2.25. The number of halogens is 2. The van der Waals surface area contributed by atoms with Gasteiger partial charge in [0.1, 0.15) is 11.4 Å². The summed E-state index contributed by atoms with van der Waals surface area (Å²) in [6.45, 7) is 4.07. The number of aromatic amines is 1. The van der Waals surface area contributed by atoms with Gasteiger partial charge in [-0.05, 0) is 36.8 Å². The van der Waals surface area contributed by atoms with E-state index in [2.05, 4.69) is 9.97 Å². The molecule has 0 atom stereocenters. The Kier molecular flexibility index (Phi) is 5.79. The molecule has 2 aromatic heterocycles. The third-order valence-electron chi connectivity index (χ3n) is 5.12.